The third-order valence-corrected chi connectivity index (χ3v) is 7.73. The summed E-state index contributed by atoms with van der Waals surface area (Å²) in [4.78, 5) is 24.8. The van der Waals surface area contributed by atoms with E-state index < -0.39 is 0 Å². The molecule has 9 heteroatoms. The van der Waals surface area contributed by atoms with Crippen molar-refractivity contribution in [3.63, 3.8) is 0 Å². The first-order valence-electron chi connectivity index (χ1n) is 13.0. The molecule has 4 heterocycles. The molecule has 0 bridgehead atoms. The quantitative estimate of drug-likeness (QED) is 0.341. The molecule has 37 heavy (non-hydrogen) atoms. The SMILES string of the molecule is COC1CC(n2c(=O)n(C)c3cnc4ccc(-c5ccc(OCCCN6CCOCC6)nc5)cc4c32)C1. The number of benzene rings is 1. The van der Waals surface area contributed by atoms with E-state index in [9.17, 15) is 4.79 Å². The summed E-state index contributed by atoms with van der Waals surface area (Å²) in [6, 6.07) is 10.3. The van der Waals surface area contributed by atoms with Gasteiger partial charge in [-0.05, 0) is 43.0 Å². The van der Waals surface area contributed by atoms with E-state index in [1.54, 1.807) is 17.9 Å². The molecule has 3 aromatic heterocycles. The Hall–Kier alpha value is -3.27. The fourth-order valence-corrected chi connectivity index (χ4v) is 5.41. The Morgan fingerprint density at radius 1 is 1.05 bits per heavy atom. The first kappa shape index (κ1) is 24.1. The molecule has 0 radical (unpaired) electrons. The maximum atomic E-state index is 13.2. The Labute approximate surface area is 215 Å². The van der Waals surface area contributed by atoms with Gasteiger partial charge in [0.2, 0.25) is 5.88 Å². The number of ether oxygens (including phenoxy) is 3. The molecule has 9 nitrogen and oxygen atoms in total. The first-order chi connectivity index (χ1) is 18.1. The van der Waals surface area contributed by atoms with Gasteiger partial charge in [0.25, 0.3) is 0 Å². The molecule has 0 amide bonds. The molecule has 1 aliphatic carbocycles. The van der Waals surface area contributed by atoms with Crippen LogP contribution in [-0.4, -0.2) is 76.7 Å². The molecular weight excluding hydrogens is 470 g/mol. The van der Waals surface area contributed by atoms with Gasteiger partial charge in [-0.1, -0.05) is 6.07 Å². The number of rotatable bonds is 8. The largest absolute Gasteiger partial charge is 0.478 e. The van der Waals surface area contributed by atoms with Gasteiger partial charge in [0.15, 0.2) is 0 Å². The van der Waals surface area contributed by atoms with E-state index in [4.69, 9.17) is 14.2 Å². The zero-order valence-corrected chi connectivity index (χ0v) is 21.4. The van der Waals surface area contributed by atoms with Crippen LogP contribution in [0.3, 0.4) is 0 Å². The number of imidazole rings is 1. The molecule has 0 atom stereocenters. The zero-order chi connectivity index (χ0) is 25.4. The molecule has 2 aliphatic rings. The number of methoxy groups -OCH3 is 1. The van der Waals surface area contributed by atoms with Crippen molar-refractivity contribution in [3.8, 4) is 17.0 Å². The van der Waals surface area contributed by atoms with Crippen molar-refractivity contribution < 1.29 is 14.2 Å². The van der Waals surface area contributed by atoms with E-state index in [2.05, 4.69) is 27.0 Å². The van der Waals surface area contributed by atoms with Gasteiger partial charge >= 0.3 is 5.69 Å². The predicted octanol–water partition coefficient (Wildman–Crippen LogP) is 3.40. The van der Waals surface area contributed by atoms with Crippen molar-refractivity contribution in [2.24, 2.45) is 7.05 Å². The van der Waals surface area contributed by atoms with Crippen LogP contribution in [-0.2, 0) is 16.5 Å². The fraction of sp³-hybridized carbons (Fsp3) is 0.464. The highest BCUT2D eigenvalue weighted by Gasteiger charge is 2.33. The monoisotopic (exact) mass is 503 g/mol. The molecule has 0 spiro atoms. The second-order valence-electron chi connectivity index (χ2n) is 9.96. The van der Waals surface area contributed by atoms with Crippen LogP contribution in [0.25, 0.3) is 33.1 Å². The number of aromatic nitrogens is 4. The van der Waals surface area contributed by atoms with Crippen LogP contribution in [0.4, 0.5) is 0 Å². The second-order valence-corrected chi connectivity index (χ2v) is 9.96. The molecule has 1 aromatic carbocycles. The zero-order valence-electron chi connectivity index (χ0n) is 21.4. The third kappa shape index (κ3) is 4.63. The van der Waals surface area contributed by atoms with Crippen molar-refractivity contribution in [1.29, 1.82) is 0 Å². The lowest BCUT2D eigenvalue weighted by Crippen LogP contribution is -2.37. The first-order valence-corrected chi connectivity index (χ1v) is 13.0. The number of fused-ring (bicyclic) bond motifs is 3. The van der Waals surface area contributed by atoms with Crippen molar-refractivity contribution in [3.05, 3.63) is 53.2 Å². The van der Waals surface area contributed by atoms with Crippen LogP contribution in [0.1, 0.15) is 25.3 Å². The second kappa shape index (κ2) is 10.2. The number of pyridine rings is 2. The summed E-state index contributed by atoms with van der Waals surface area (Å²) >= 11 is 0. The molecule has 6 rings (SSSR count). The number of aryl methyl sites for hydroxylation is 1. The van der Waals surface area contributed by atoms with Crippen LogP contribution in [0.15, 0.2) is 47.5 Å². The highest BCUT2D eigenvalue weighted by Crippen LogP contribution is 2.37. The molecule has 4 aromatic rings. The number of hydrogen-bond acceptors (Lipinski definition) is 7. The predicted molar refractivity (Wildman–Crippen MR) is 142 cm³/mol. The van der Waals surface area contributed by atoms with E-state index in [0.717, 1.165) is 85.2 Å². The van der Waals surface area contributed by atoms with Crippen molar-refractivity contribution in [1.82, 2.24) is 24.0 Å². The Bertz CT molecular complexity index is 1450. The van der Waals surface area contributed by atoms with Gasteiger partial charge in [-0.3, -0.25) is 19.0 Å². The molecular formula is C28H33N5O4. The average molecular weight is 504 g/mol. The summed E-state index contributed by atoms with van der Waals surface area (Å²) in [5.41, 5.74) is 4.66. The topological polar surface area (TPSA) is 83.6 Å². The van der Waals surface area contributed by atoms with E-state index in [0.29, 0.717) is 12.5 Å². The normalized spacial score (nSPS) is 20.4. The minimum absolute atomic E-state index is 0.00829. The van der Waals surface area contributed by atoms with Crippen LogP contribution < -0.4 is 10.4 Å². The minimum atomic E-state index is -0.00829. The molecule has 2 fully saturated rings. The number of morpholine rings is 1. The summed E-state index contributed by atoms with van der Waals surface area (Å²) in [5, 5.41) is 0.969. The number of nitrogens with zero attached hydrogens (tertiary/aromatic N) is 5. The van der Waals surface area contributed by atoms with Crippen molar-refractivity contribution >= 4 is 21.9 Å². The van der Waals surface area contributed by atoms with Crippen LogP contribution in [0.2, 0.25) is 0 Å². The maximum absolute atomic E-state index is 13.2. The molecule has 194 valence electrons. The van der Waals surface area contributed by atoms with Gasteiger partial charge in [-0.15, -0.1) is 0 Å². The van der Waals surface area contributed by atoms with Gasteiger partial charge in [-0.2, -0.15) is 0 Å². The molecule has 0 N–H and O–H groups in total. The van der Waals surface area contributed by atoms with Crippen LogP contribution in [0.5, 0.6) is 5.88 Å². The molecule has 1 saturated carbocycles. The highest BCUT2D eigenvalue weighted by molar-refractivity contribution is 6.04. The lowest BCUT2D eigenvalue weighted by molar-refractivity contribution is 0.00635. The minimum Gasteiger partial charge on any atom is -0.478 e. The van der Waals surface area contributed by atoms with E-state index in [1.165, 1.54) is 0 Å². The van der Waals surface area contributed by atoms with E-state index >= 15 is 0 Å². The van der Waals surface area contributed by atoms with E-state index in [-0.39, 0.29) is 17.8 Å². The summed E-state index contributed by atoms with van der Waals surface area (Å²) < 4.78 is 20.4. The Kier molecular flexibility index (Phi) is 6.67. The summed E-state index contributed by atoms with van der Waals surface area (Å²) in [6.07, 6.45) is 6.51. The lowest BCUT2D eigenvalue weighted by atomic mass is 9.89. The van der Waals surface area contributed by atoms with Crippen molar-refractivity contribution in [2.75, 3.05) is 46.6 Å². The smallest absolute Gasteiger partial charge is 0.329 e. The Morgan fingerprint density at radius 3 is 2.62 bits per heavy atom. The third-order valence-electron chi connectivity index (χ3n) is 7.73. The summed E-state index contributed by atoms with van der Waals surface area (Å²) in [5.74, 6) is 0.630. The summed E-state index contributed by atoms with van der Waals surface area (Å²) in [6.45, 7) is 5.27. The fourth-order valence-electron chi connectivity index (χ4n) is 5.41. The average Bonchev–Trinajstić information content (AvgIpc) is 3.17. The van der Waals surface area contributed by atoms with Crippen molar-refractivity contribution in [2.45, 2.75) is 31.4 Å². The van der Waals surface area contributed by atoms with Gasteiger partial charge < -0.3 is 14.2 Å². The molecule has 1 aliphatic heterocycles. The number of hydrogen-bond donors (Lipinski definition) is 0. The van der Waals surface area contributed by atoms with Crippen LogP contribution in [0, 0.1) is 0 Å². The van der Waals surface area contributed by atoms with Gasteiger partial charge in [0.1, 0.15) is 0 Å². The lowest BCUT2D eigenvalue weighted by Gasteiger charge is -2.34. The van der Waals surface area contributed by atoms with E-state index in [1.807, 2.05) is 36.0 Å². The van der Waals surface area contributed by atoms with Gasteiger partial charge in [-0.25, -0.2) is 9.78 Å². The maximum Gasteiger partial charge on any atom is 0.329 e. The standard InChI is InChI=1S/C28H33N5O4/c1-31-25-18-29-24-6-4-19(14-23(24)27(25)33(28(31)34)21-15-22(16-21)35-2)20-5-7-26(30-17-20)37-11-3-8-32-9-12-36-13-10-32/h4-7,14,17-18,21-22H,3,8-13,15-16H2,1-2H3. The van der Waals surface area contributed by atoms with Crippen LogP contribution >= 0.6 is 0 Å². The Balaban J connectivity index is 1.23. The van der Waals surface area contributed by atoms with Gasteiger partial charge in [0.05, 0.1) is 48.7 Å². The molecule has 1 saturated heterocycles. The highest BCUT2D eigenvalue weighted by atomic mass is 16.5. The Morgan fingerprint density at radius 2 is 1.86 bits per heavy atom. The summed E-state index contributed by atoms with van der Waals surface area (Å²) in [7, 11) is 3.54. The van der Waals surface area contributed by atoms with Gasteiger partial charge in [0, 0.05) is 63.0 Å². The molecule has 0 unspecified atom stereocenters.